The molecule has 1 aromatic carbocycles. The van der Waals surface area contributed by atoms with Crippen LogP contribution < -0.4 is 18.9 Å². The van der Waals surface area contributed by atoms with Gasteiger partial charge >= 0.3 is 0 Å². The average molecular weight is 397 g/mol. The van der Waals surface area contributed by atoms with E-state index >= 15 is 0 Å². The van der Waals surface area contributed by atoms with Crippen molar-refractivity contribution in [2.45, 2.75) is 18.4 Å². The fourth-order valence-corrected chi connectivity index (χ4v) is 3.84. The maximum Gasteiger partial charge on any atom is 0.231 e. The second kappa shape index (κ2) is 6.78. The maximum atomic E-state index is 11.0. The van der Waals surface area contributed by atoms with Crippen molar-refractivity contribution in [3.8, 4) is 34.3 Å². The van der Waals surface area contributed by atoms with Crippen LogP contribution in [0.15, 0.2) is 10.6 Å². The van der Waals surface area contributed by atoms with Crippen molar-refractivity contribution in [3.63, 3.8) is 0 Å². The minimum Gasteiger partial charge on any atom is -0.492 e. The van der Waals surface area contributed by atoms with E-state index in [1.165, 1.54) is 14.2 Å². The number of hydrogen-bond acceptors (Lipinski definition) is 8. The van der Waals surface area contributed by atoms with E-state index < -0.39 is 5.60 Å². The van der Waals surface area contributed by atoms with Gasteiger partial charge < -0.3 is 33.5 Å². The third-order valence-electron chi connectivity index (χ3n) is 5.12. The molecule has 1 aromatic heterocycles. The van der Waals surface area contributed by atoms with E-state index in [4.69, 9.17) is 35.1 Å². The van der Waals surface area contributed by atoms with Crippen molar-refractivity contribution in [2.75, 3.05) is 41.1 Å². The summed E-state index contributed by atoms with van der Waals surface area (Å²) in [5, 5.41) is 15.4. The molecule has 0 radical (unpaired) electrons. The molecule has 8 nitrogen and oxygen atoms in total. The topological polar surface area (TPSA) is 86.4 Å². The zero-order valence-electron chi connectivity index (χ0n) is 15.4. The van der Waals surface area contributed by atoms with E-state index in [0.717, 1.165) is 13.1 Å². The Morgan fingerprint density at radius 2 is 1.78 bits per heavy atom. The van der Waals surface area contributed by atoms with Gasteiger partial charge in [-0.2, -0.15) is 0 Å². The molecule has 27 heavy (non-hydrogen) atoms. The van der Waals surface area contributed by atoms with E-state index in [1.807, 2.05) is 7.05 Å². The largest absolute Gasteiger partial charge is 0.492 e. The number of rotatable bonds is 4. The van der Waals surface area contributed by atoms with E-state index in [1.54, 1.807) is 6.07 Å². The Kier molecular flexibility index (Phi) is 4.57. The van der Waals surface area contributed by atoms with Gasteiger partial charge in [-0.25, -0.2) is 0 Å². The van der Waals surface area contributed by atoms with Crippen molar-refractivity contribution in [1.82, 2.24) is 10.1 Å². The zero-order valence-corrected chi connectivity index (χ0v) is 16.1. The van der Waals surface area contributed by atoms with Crippen LogP contribution in [0.1, 0.15) is 18.6 Å². The lowest BCUT2D eigenvalue weighted by molar-refractivity contribution is -0.0407. The molecule has 0 bridgehead atoms. The Bertz CT molecular complexity index is 860. The fraction of sp³-hybridized carbons (Fsp3) is 0.500. The van der Waals surface area contributed by atoms with E-state index in [-0.39, 0.29) is 11.8 Å². The minimum absolute atomic E-state index is 0.0408. The van der Waals surface area contributed by atoms with Gasteiger partial charge in [0.05, 0.1) is 19.8 Å². The van der Waals surface area contributed by atoms with Crippen LogP contribution in [0, 0.1) is 0 Å². The van der Waals surface area contributed by atoms with Gasteiger partial charge in [0.25, 0.3) is 0 Å². The van der Waals surface area contributed by atoms with E-state index in [2.05, 4.69) is 10.1 Å². The number of nitrogens with zero attached hydrogens (tertiary/aromatic N) is 2. The Morgan fingerprint density at radius 3 is 2.41 bits per heavy atom. The molecule has 2 aromatic rings. The Balaban J connectivity index is 1.80. The van der Waals surface area contributed by atoms with Crippen molar-refractivity contribution < 1.29 is 28.6 Å². The first-order chi connectivity index (χ1) is 13.0. The fourth-order valence-electron chi connectivity index (χ4n) is 3.50. The number of ether oxygens (including phenoxy) is 4. The molecule has 0 atom stereocenters. The number of benzene rings is 1. The third-order valence-corrected chi connectivity index (χ3v) is 5.48. The summed E-state index contributed by atoms with van der Waals surface area (Å²) >= 11 is 6.57. The molecule has 146 valence electrons. The third kappa shape index (κ3) is 2.88. The van der Waals surface area contributed by atoms with Crippen LogP contribution in [-0.4, -0.2) is 56.3 Å². The molecule has 0 spiro atoms. The zero-order chi connectivity index (χ0) is 19.2. The predicted octanol–water partition coefficient (Wildman–Crippen LogP) is 2.65. The lowest BCUT2D eigenvalue weighted by Gasteiger charge is -2.34. The molecule has 1 N–H and O–H groups in total. The molecular formula is C18H21ClN2O6. The number of halogens is 1. The summed E-state index contributed by atoms with van der Waals surface area (Å²) in [5.74, 6) is 1.91. The second-order valence-corrected chi connectivity index (χ2v) is 7.11. The molecule has 1 fully saturated rings. The van der Waals surface area contributed by atoms with Gasteiger partial charge in [-0.1, -0.05) is 16.8 Å². The van der Waals surface area contributed by atoms with Crippen molar-refractivity contribution >= 4 is 11.6 Å². The highest BCUT2D eigenvalue weighted by Gasteiger charge is 2.38. The van der Waals surface area contributed by atoms with Crippen molar-refractivity contribution in [1.29, 1.82) is 0 Å². The molecule has 0 amide bonds. The summed E-state index contributed by atoms with van der Waals surface area (Å²) in [5.41, 5.74) is -0.166. The molecule has 0 aliphatic carbocycles. The number of methoxy groups -OCH3 is 2. The molecule has 0 saturated carbocycles. The number of piperidine rings is 1. The predicted molar refractivity (Wildman–Crippen MR) is 96.8 cm³/mol. The summed E-state index contributed by atoms with van der Waals surface area (Å²) < 4.78 is 27.4. The minimum atomic E-state index is -1.06. The standard InChI is InChI=1S/C18H21ClN2O6/c1-21-6-4-18(22,5-7-21)11-8-10(20-27-11)12-13(19)15(24-3)17-16(14(12)23-2)25-9-26-17/h8,22H,4-7,9H2,1-3H3. The lowest BCUT2D eigenvalue weighted by Crippen LogP contribution is -2.40. The van der Waals surface area contributed by atoms with Crippen LogP contribution in [0.25, 0.3) is 11.3 Å². The van der Waals surface area contributed by atoms with Gasteiger partial charge in [-0.15, -0.1) is 0 Å². The van der Waals surface area contributed by atoms with Crippen molar-refractivity contribution in [3.05, 3.63) is 16.8 Å². The Morgan fingerprint density at radius 1 is 1.15 bits per heavy atom. The first-order valence-corrected chi connectivity index (χ1v) is 8.98. The van der Waals surface area contributed by atoms with Crippen LogP contribution in [0.4, 0.5) is 0 Å². The van der Waals surface area contributed by atoms with Gasteiger partial charge in [-0.05, 0) is 19.9 Å². The maximum absolute atomic E-state index is 11.0. The average Bonchev–Trinajstić information content (AvgIpc) is 3.33. The lowest BCUT2D eigenvalue weighted by atomic mass is 9.89. The number of aliphatic hydroxyl groups is 1. The normalized spacial score (nSPS) is 18.6. The monoisotopic (exact) mass is 396 g/mol. The number of hydrogen-bond donors (Lipinski definition) is 1. The highest BCUT2D eigenvalue weighted by Crippen LogP contribution is 2.57. The summed E-state index contributed by atoms with van der Waals surface area (Å²) in [6, 6.07) is 1.69. The summed E-state index contributed by atoms with van der Waals surface area (Å²) in [7, 11) is 5.03. The smallest absolute Gasteiger partial charge is 0.231 e. The number of likely N-dealkylation sites (tertiary alicyclic amines) is 1. The van der Waals surface area contributed by atoms with Crippen LogP contribution in [0.5, 0.6) is 23.0 Å². The highest BCUT2D eigenvalue weighted by atomic mass is 35.5. The summed E-state index contributed by atoms with van der Waals surface area (Å²) in [4.78, 5) is 2.16. The number of aromatic nitrogens is 1. The molecule has 0 unspecified atom stereocenters. The van der Waals surface area contributed by atoms with Gasteiger partial charge in [-0.3, -0.25) is 0 Å². The first-order valence-electron chi connectivity index (χ1n) is 8.60. The van der Waals surface area contributed by atoms with Gasteiger partial charge in [0.2, 0.25) is 18.3 Å². The van der Waals surface area contributed by atoms with Crippen LogP contribution in [0.3, 0.4) is 0 Å². The summed E-state index contributed by atoms with van der Waals surface area (Å²) in [6.07, 6.45) is 1.13. The molecule has 3 heterocycles. The molecule has 4 rings (SSSR count). The molecule has 9 heteroatoms. The highest BCUT2D eigenvalue weighted by molar-refractivity contribution is 6.35. The van der Waals surface area contributed by atoms with Crippen LogP contribution >= 0.6 is 11.6 Å². The van der Waals surface area contributed by atoms with E-state index in [0.29, 0.717) is 52.9 Å². The molecule has 1 saturated heterocycles. The second-order valence-electron chi connectivity index (χ2n) is 6.73. The first kappa shape index (κ1) is 18.2. The Labute approximate surface area is 161 Å². The molecule has 2 aliphatic heterocycles. The van der Waals surface area contributed by atoms with Crippen LogP contribution in [-0.2, 0) is 5.60 Å². The molecule has 2 aliphatic rings. The number of fused-ring (bicyclic) bond motifs is 1. The van der Waals surface area contributed by atoms with Gasteiger partial charge in [0, 0.05) is 19.2 Å². The Hall–Kier alpha value is -2.16. The van der Waals surface area contributed by atoms with Gasteiger partial charge in [0.15, 0.2) is 17.3 Å². The van der Waals surface area contributed by atoms with Gasteiger partial charge in [0.1, 0.15) is 16.3 Å². The quantitative estimate of drug-likeness (QED) is 0.844. The summed E-state index contributed by atoms with van der Waals surface area (Å²) in [6.45, 7) is 1.59. The molecular weight excluding hydrogens is 376 g/mol. The van der Waals surface area contributed by atoms with Crippen molar-refractivity contribution in [2.24, 2.45) is 0 Å². The van der Waals surface area contributed by atoms with Crippen LogP contribution in [0.2, 0.25) is 5.02 Å². The van der Waals surface area contributed by atoms with E-state index in [9.17, 15) is 5.11 Å². The SMILES string of the molecule is COc1c(Cl)c(-c2cc(C3(O)CCN(C)CC3)on2)c(OC)c2c1OCO2.